The Morgan fingerprint density at radius 2 is 1.96 bits per heavy atom. The van der Waals surface area contributed by atoms with E-state index in [4.69, 9.17) is 0 Å². The van der Waals surface area contributed by atoms with E-state index in [2.05, 4.69) is 41.2 Å². The normalized spacial score (nSPS) is 24.8. The van der Waals surface area contributed by atoms with Gasteiger partial charge in [0, 0.05) is 19.4 Å². The van der Waals surface area contributed by atoms with Crippen LogP contribution in [0.3, 0.4) is 0 Å². The van der Waals surface area contributed by atoms with Crippen molar-refractivity contribution in [1.29, 1.82) is 0 Å². The number of benzene rings is 1. The molecule has 3 aliphatic rings. The van der Waals surface area contributed by atoms with E-state index in [0.717, 1.165) is 13.1 Å². The molecule has 1 aromatic carbocycles. The second-order valence-electron chi connectivity index (χ2n) is 7.04. The van der Waals surface area contributed by atoms with Crippen LogP contribution in [-0.2, 0) is 4.79 Å². The lowest BCUT2D eigenvalue weighted by Gasteiger charge is -2.30. The zero-order valence-electron chi connectivity index (χ0n) is 14.3. The van der Waals surface area contributed by atoms with E-state index in [1.54, 1.807) is 18.1 Å². The van der Waals surface area contributed by atoms with Crippen molar-refractivity contribution in [2.75, 3.05) is 27.2 Å². The monoisotopic (exact) mass is 321 g/mol. The maximum atomic E-state index is 12.2. The lowest BCUT2D eigenvalue weighted by atomic mass is 9.84. The van der Waals surface area contributed by atoms with Gasteiger partial charge in [0.1, 0.15) is 5.71 Å². The fourth-order valence-electron chi connectivity index (χ4n) is 3.92. The third-order valence-corrected chi connectivity index (χ3v) is 5.40. The molecule has 0 bridgehead atoms. The van der Waals surface area contributed by atoms with Crippen molar-refractivity contribution in [3.05, 3.63) is 53.9 Å². The minimum Gasteiger partial charge on any atom is -0.317 e. The Hall–Kier alpha value is -2.20. The van der Waals surface area contributed by atoms with Crippen LogP contribution in [0.25, 0.3) is 5.57 Å². The van der Waals surface area contributed by atoms with Gasteiger partial charge in [-0.3, -0.25) is 9.79 Å². The highest BCUT2D eigenvalue weighted by Gasteiger charge is 2.34. The Morgan fingerprint density at radius 1 is 1.17 bits per heavy atom. The summed E-state index contributed by atoms with van der Waals surface area (Å²) in [5.41, 5.74) is 4.43. The summed E-state index contributed by atoms with van der Waals surface area (Å²) in [5.74, 6) is 0.638. The Balaban J connectivity index is 1.66. The molecule has 1 unspecified atom stereocenters. The van der Waals surface area contributed by atoms with Crippen molar-refractivity contribution in [3.8, 4) is 0 Å². The van der Waals surface area contributed by atoms with Gasteiger partial charge in [-0.1, -0.05) is 30.3 Å². The number of aliphatic imine (C=N–C) groups is 1. The van der Waals surface area contributed by atoms with Gasteiger partial charge in [0.25, 0.3) is 5.91 Å². The third kappa shape index (κ3) is 2.61. The number of carbonyl (C=O) groups is 1. The molecule has 4 rings (SSSR count). The van der Waals surface area contributed by atoms with Crippen molar-refractivity contribution >= 4 is 17.2 Å². The molecule has 124 valence electrons. The van der Waals surface area contributed by atoms with Gasteiger partial charge in [-0.05, 0) is 55.6 Å². The van der Waals surface area contributed by atoms with Crippen molar-refractivity contribution in [3.63, 3.8) is 0 Å². The summed E-state index contributed by atoms with van der Waals surface area (Å²) in [6.07, 6.45) is 8.18. The molecule has 4 heteroatoms. The van der Waals surface area contributed by atoms with Crippen LogP contribution in [0.15, 0.2) is 47.7 Å². The summed E-state index contributed by atoms with van der Waals surface area (Å²) >= 11 is 0. The molecule has 1 atom stereocenters. The van der Waals surface area contributed by atoms with Gasteiger partial charge in [-0.2, -0.15) is 0 Å². The largest absolute Gasteiger partial charge is 0.317 e. The number of likely N-dealkylation sites (tertiary alicyclic amines) is 1. The predicted octanol–water partition coefficient (Wildman–Crippen LogP) is 2.89. The van der Waals surface area contributed by atoms with Crippen molar-refractivity contribution in [1.82, 2.24) is 9.80 Å². The van der Waals surface area contributed by atoms with Crippen LogP contribution in [0, 0.1) is 5.92 Å². The van der Waals surface area contributed by atoms with Gasteiger partial charge in [0.2, 0.25) is 0 Å². The number of fused-ring (bicyclic) bond motifs is 1. The van der Waals surface area contributed by atoms with E-state index in [1.807, 2.05) is 12.3 Å². The second-order valence-corrected chi connectivity index (χ2v) is 7.04. The fourth-order valence-corrected chi connectivity index (χ4v) is 3.92. The minimum atomic E-state index is 0.000206. The van der Waals surface area contributed by atoms with Crippen LogP contribution in [0.5, 0.6) is 0 Å². The number of hydrogen-bond acceptors (Lipinski definition) is 3. The molecule has 0 radical (unpaired) electrons. The lowest BCUT2D eigenvalue weighted by molar-refractivity contribution is -0.121. The van der Waals surface area contributed by atoms with Crippen LogP contribution < -0.4 is 0 Å². The van der Waals surface area contributed by atoms with Crippen molar-refractivity contribution in [2.24, 2.45) is 10.9 Å². The Bertz CT molecular complexity index is 754. The minimum absolute atomic E-state index is 0.000206. The lowest BCUT2D eigenvalue weighted by Crippen LogP contribution is -2.37. The first-order valence-corrected chi connectivity index (χ1v) is 8.65. The van der Waals surface area contributed by atoms with Gasteiger partial charge in [-0.25, -0.2) is 0 Å². The summed E-state index contributed by atoms with van der Waals surface area (Å²) in [5, 5.41) is 0. The number of hydrogen-bond donors (Lipinski definition) is 0. The molecule has 24 heavy (non-hydrogen) atoms. The average Bonchev–Trinajstić information content (AvgIpc) is 3.09. The van der Waals surface area contributed by atoms with Crippen LogP contribution in [-0.4, -0.2) is 48.6 Å². The first-order chi connectivity index (χ1) is 11.6. The number of nitrogens with zero attached hydrogens (tertiary/aromatic N) is 3. The van der Waals surface area contributed by atoms with E-state index in [1.165, 1.54) is 29.5 Å². The molecular weight excluding hydrogens is 298 g/mol. The highest BCUT2D eigenvalue weighted by Crippen LogP contribution is 2.35. The number of piperidine rings is 1. The molecule has 1 amide bonds. The van der Waals surface area contributed by atoms with E-state index in [-0.39, 0.29) is 11.8 Å². The van der Waals surface area contributed by atoms with Crippen LogP contribution in [0.4, 0.5) is 0 Å². The number of allylic oxidation sites excluding steroid dienone is 2. The Morgan fingerprint density at radius 3 is 2.75 bits per heavy atom. The standard InChI is InChI=1S/C20H23N3O/c1-22-10-7-14(8-11-22)15-4-3-5-16(12-15)18-13-23(2)20(24)19-17(18)6-9-21-19/h3-6,9,12-14,17H,7-8,10-11H2,1-2H3. The van der Waals surface area contributed by atoms with Gasteiger partial charge in [0.15, 0.2) is 0 Å². The quantitative estimate of drug-likeness (QED) is 0.840. The summed E-state index contributed by atoms with van der Waals surface area (Å²) in [6.45, 7) is 2.33. The SMILES string of the molecule is CN1CCC(c2cccc(C3=CN(C)C(=O)C4=NC=CC34)c2)CC1. The van der Waals surface area contributed by atoms with Gasteiger partial charge in [-0.15, -0.1) is 0 Å². The molecule has 0 aromatic heterocycles. The molecule has 0 saturated carbocycles. The molecule has 1 saturated heterocycles. The number of rotatable bonds is 2. The Labute approximate surface area is 143 Å². The summed E-state index contributed by atoms with van der Waals surface area (Å²) < 4.78 is 0. The average molecular weight is 321 g/mol. The molecule has 4 nitrogen and oxygen atoms in total. The second kappa shape index (κ2) is 6.02. The van der Waals surface area contributed by atoms with Gasteiger partial charge in [0.05, 0.1) is 5.92 Å². The van der Waals surface area contributed by atoms with Gasteiger partial charge < -0.3 is 9.80 Å². The van der Waals surface area contributed by atoms with E-state index in [0.29, 0.717) is 11.6 Å². The first kappa shape index (κ1) is 15.3. The molecule has 0 spiro atoms. The molecular formula is C20H23N3O. The van der Waals surface area contributed by atoms with Crippen molar-refractivity contribution in [2.45, 2.75) is 18.8 Å². The fraction of sp³-hybridized carbons (Fsp3) is 0.400. The zero-order chi connectivity index (χ0) is 16.7. The van der Waals surface area contributed by atoms with E-state index >= 15 is 0 Å². The third-order valence-electron chi connectivity index (χ3n) is 5.40. The molecule has 3 aliphatic heterocycles. The van der Waals surface area contributed by atoms with E-state index < -0.39 is 0 Å². The molecule has 1 fully saturated rings. The van der Waals surface area contributed by atoms with Crippen LogP contribution >= 0.6 is 0 Å². The molecule has 3 heterocycles. The molecule has 0 aliphatic carbocycles. The Kier molecular flexibility index (Phi) is 3.85. The number of amides is 1. The van der Waals surface area contributed by atoms with Crippen molar-refractivity contribution < 1.29 is 4.79 Å². The maximum absolute atomic E-state index is 12.2. The smallest absolute Gasteiger partial charge is 0.272 e. The number of carbonyl (C=O) groups excluding carboxylic acids is 1. The summed E-state index contributed by atoms with van der Waals surface area (Å²) in [6, 6.07) is 8.86. The highest BCUT2D eigenvalue weighted by molar-refractivity contribution is 6.44. The zero-order valence-corrected chi connectivity index (χ0v) is 14.3. The van der Waals surface area contributed by atoms with E-state index in [9.17, 15) is 4.79 Å². The summed E-state index contributed by atoms with van der Waals surface area (Å²) in [4.78, 5) is 20.6. The summed E-state index contributed by atoms with van der Waals surface area (Å²) in [7, 11) is 4.00. The predicted molar refractivity (Wildman–Crippen MR) is 96.7 cm³/mol. The first-order valence-electron chi connectivity index (χ1n) is 8.65. The van der Waals surface area contributed by atoms with Gasteiger partial charge >= 0.3 is 0 Å². The van der Waals surface area contributed by atoms with Crippen LogP contribution in [0.2, 0.25) is 0 Å². The molecule has 1 aromatic rings. The molecule has 0 N–H and O–H groups in total. The van der Waals surface area contributed by atoms with Crippen LogP contribution in [0.1, 0.15) is 29.9 Å². The highest BCUT2D eigenvalue weighted by atomic mass is 16.2. The topological polar surface area (TPSA) is 35.9 Å². The maximum Gasteiger partial charge on any atom is 0.272 e.